The normalized spacial score (nSPS) is 14.2. The Bertz CT molecular complexity index is 266. The Hall–Kier alpha value is -1.43. The van der Waals surface area contributed by atoms with Crippen molar-refractivity contribution in [2.24, 2.45) is 17.4 Å². The second kappa shape index (κ2) is 6.95. The van der Waals surface area contributed by atoms with Crippen LogP contribution in [0.25, 0.3) is 0 Å². The molecule has 0 heterocycles. The van der Waals surface area contributed by atoms with Gasteiger partial charge in [0.05, 0.1) is 18.5 Å². The summed E-state index contributed by atoms with van der Waals surface area (Å²) in [7, 11) is 0. The van der Waals surface area contributed by atoms with Crippen molar-refractivity contribution >= 4 is 18.1 Å². The molecule has 0 fully saturated rings. The van der Waals surface area contributed by atoms with E-state index in [0.717, 1.165) is 0 Å². The number of carbonyl (C=O) groups is 2. The molecule has 6 nitrogen and oxygen atoms in total. The lowest BCUT2D eigenvalue weighted by Gasteiger charge is -2.16. The maximum Gasteiger partial charge on any atom is 0.238 e. The first-order valence-corrected chi connectivity index (χ1v) is 5.08. The highest BCUT2D eigenvalue weighted by atomic mass is 16.2. The van der Waals surface area contributed by atoms with Gasteiger partial charge in [-0.2, -0.15) is 0 Å². The molecule has 0 rings (SSSR count). The van der Waals surface area contributed by atoms with Crippen molar-refractivity contribution in [3.05, 3.63) is 0 Å². The first-order chi connectivity index (χ1) is 7.36. The van der Waals surface area contributed by atoms with Gasteiger partial charge in [-0.3, -0.25) is 14.4 Å². The third-order valence-corrected chi connectivity index (χ3v) is 1.92. The predicted molar refractivity (Wildman–Crippen MR) is 58.9 cm³/mol. The van der Waals surface area contributed by atoms with Gasteiger partial charge in [-0.15, -0.1) is 0 Å². The van der Waals surface area contributed by atoms with Crippen molar-refractivity contribution < 1.29 is 14.4 Å². The number of nitrogens with one attached hydrogen (secondary N) is 1. The van der Waals surface area contributed by atoms with Crippen LogP contribution < -0.4 is 16.8 Å². The van der Waals surface area contributed by atoms with E-state index in [1.165, 1.54) is 0 Å². The topological polar surface area (TPSA) is 115 Å². The smallest absolute Gasteiger partial charge is 0.238 e. The van der Waals surface area contributed by atoms with Gasteiger partial charge < -0.3 is 16.8 Å². The number of nitrogens with two attached hydrogens (primary N) is 2. The van der Waals surface area contributed by atoms with E-state index >= 15 is 0 Å². The monoisotopic (exact) mass is 228 g/mol. The molecule has 0 aliphatic rings. The van der Waals surface area contributed by atoms with Crippen molar-refractivity contribution in [1.29, 1.82) is 0 Å². The van der Waals surface area contributed by atoms with Gasteiger partial charge in [0.15, 0.2) is 0 Å². The van der Waals surface area contributed by atoms with Gasteiger partial charge in [-0.1, -0.05) is 13.8 Å². The number of primary amides is 1. The maximum absolute atomic E-state index is 11.4. The fraction of sp³-hybridized carbons (Fsp3) is 0.700. The van der Waals surface area contributed by atoms with Crippen LogP contribution in [-0.2, 0) is 14.4 Å². The average molecular weight is 228 g/mol. The molecule has 0 saturated heterocycles. The molecule has 0 bridgehead atoms. The van der Waals surface area contributed by atoms with E-state index < -0.39 is 23.9 Å². The quantitative estimate of drug-likeness (QED) is 0.509. The number of amides is 2. The average Bonchev–Trinajstić information content (AvgIpc) is 2.14. The molecule has 0 saturated carbocycles. The summed E-state index contributed by atoms with van der Waals surface area (Å²) >= 11 is 0. The molecule has 2 amide bonds. The summed E-state index contributed by atoms with van der Waals surface area (Å²) in [5, 5.41) is 2.41. The van der Waals surface area contributed by atoms with E-state index in [-0.39, 0.29) is 12.3 Å². The summed E-state index contributed by atoms with van der Waals surface area (Å²) in [6.07, 6.45) is 1.97. The molecule has 0 aliphatic heterocycles. The van der Waals surface area contributed by atoms with E-state index in [9.17, 15) is 14.4 Å². The Morgan fingerprint density at radius 1 is 1.38 bits per heavy atom. The van der Waals surface area contributed by atoms with Crippen LogP contribution >= 0.6 is 0 Å². The van der Waals surface area contributed by atoms with Crippen LogP contribution in [0, 0.1) is 5.92 Å². The van der Waals surface area contributed by atoms with Gasteiger partial charge in [-0.05, 0) is 12.3 Å². The van der Waals surface area contributed by atoms with E-state index in [4.69, 9.17) is 11.5 Å². The van der Waals surface area contributed by atoms with Crippen molar-refractivity contribution in [3.63, 3.8) is 0 Å². The predicted octanol–water partition coefficient (Wildman–Crippen LogP) is -1.17. The highest BCUT2D eigenvalue weighted by Gasteiger charge is 2.20. The summed E-state index contributed by atoms with van der Waals surface area (Å²) in [4.78, 5) is 32.5. The highest BCUT2D eigenvalue weighted by molar-refractivity contribution is 5.89. The Labute approximate surface area is 94.7 Å². The fourth-order valence-electron chi connectivity index (χ4n) is 1.20. The summed E-state index contributed by atoms with van der Waals surface area (Å²) in [6, 6.07) is -1.70. The Morgan fingerprint density at radius 2 is 1.94 bits per heavy atom. The van der Waals surface area contributed by atoms with Crippen LogP contribution in [0.4, 0.5) is 0 Å². The van der Waals surface area contributed by atoms with E-state index in [1.54, 1.807) is 6.29 Å². The third kappa shape index (κ3) is 6.13. The zero-order valence-corrected chi connectivity index (χ0v) is 9.53. The maximum atomic E-state index is 11.4. The van der Waals surface area contributed by atoms with Crippen LogP contribution in [0.2, 0.25) is 0 Å². The van der Waals surface area contributed by atoms with Crippen molar-refractivity contribution in [1.82, 2.24) is 5.32 Å². The molecular formula is C10H18N3O3. The summed E-state index contributed by atoms with van der Waals surface area (Å²) in [5.41, 5.74) is 10.3. The Kier molecular flexibility index (Phi) is 6.32. The number of rotatable bonds is 7. The van der Waals surface area contributed by atoms with Gasteiger partial charge in [0.25, 0.3) is 0 Å². The third-order valence-electron chi connectivity index (χ3n) is 1.92. The number of hydrogen-bond donors (Lipinski definition) is 3. The lowest BCUT2D eigenvalue weighted by Crippen LogP contribution is -2.47. The standard InChI is InChI=1S/C10H18N3O3/c1-6(2)3-7(5-14)13-10(16)8(11)4-9(12)15/h6-8H,3-4,11H2,1-2H3,(H2,12,15)(H,13,16). The minimum Gasteiger partial charge on any atom is -0.370 e. The van der Waals surface area contributed by atoms with Crippen molar-refractivity contribution in [2.75, 3.05) is 0 Å². The summed E-state index contributed by atoms with van der Waals surface area (Å²) in [6.45, 7) is 3.83. The number of hydrogen-bond acceptors (Lipinski definition) is 4. The zero-order chi connectivity index (χ0) is 12.7. The van der Waals surface area contributed by atoms with E-state index in [0.29, 0.717) is 6.42 Å². The highest BCUT2D eigenvalue weighted by Crippen LogP contribution is 2.03. The van der Waals surface area contributed by atoms with Crippen LogP contribution in [0.15, 0.2) is 0 Å². The Balaban J connectivity index is 4.18. The van der Waals surface area contributed by atoms with E-state index in [1.807, 2.05) is 13.8 Å². The van der Waals surface area contributed by atoms with Gasteiger partial charge in [0, 0.05) is 0 Å². The Morgan fingerprint density at radius 3 is 2.31 bits per heavy atom. The molecule has 1 radical (unpaired) electrons. The SMILES string of the molecule is CC(C)CC([C]=O)NC(=O)C(N)CC(N)=O. The lowest BCUT2D eigenvalue weighted by atomic mass is 10.0. The second-order valence-electron chi connectivity index (χ2n) is 4.09. The van der Waals surface area contributed by atoms with Crippen LogP contribution in [0.1, 0.15) is 26.7 Å². The lowest BCUT2D eigenvalue weighted by molar-refractivity contribution is -0.126. The molecule has 0 aromatic heterocycles. The molecule has 5 N–H and O–H groups in total. The van der Waals surface area contributed by atoms with Crippen molar-refractivity contribution in [2.45, 2.75) is 38.8 Å². The summed E-state index contributed by atoms with van der Waals surface area (Å²) < 4.78 is 0. The zero-order valence-electron chi connectivity index (χ0n) is 9.53. The molecule has 6 heteroatoms. The molecule has 0 aromatic carbocycles. The molecule has 91 valence electrons. The summed E-state index contributed by atoms with van der Waals surface area (Å²) in [5.74, 6) is -0.968. The molecule has 2 atom stereocenters. The van der Waals surface area contributed by atoms with Crippen LogP contribution in [0.3, 0.4) is 0 Å². The first kappa shape index (κ1) is 14.6. The van der Waals surface area contributed by atoms with Crippen LogP contribution in [-0.4, -0.2) is 30.2 Å². The van der Waals surface area contributed by atoms with E-state index in [2.05, 4.69) is 5.32 Å². The fourth-order valence-corrected chi connectivity index (χ4v) is 1.20. The molecule has 0 aromatic rings. The molecule has 2 unspecified atom stereocenters. The molecule has 16 heavy (non-hydrogen) atoms. The molecule has 0 aliphatic carbocycles. The first-order valence-electron chi connectivity index (χ1n) is 5.08. The second-order valence-corrected chi connectivity index (χ2v) is 4.09. The van der Waals surface area contributed by atoms with Crippen LogP contribution in [0.5, 0.6) is 0 Å². The van der Waals surface area contributed by atoms with Gasteiger partial charge >= 0.3 is 0 Å². The van der Waals surface area contributed by atoms with Gasteiger partial charge in [0.2, 0.25) is 18.1 Å². The largest absolute Gasteiger partial charge is 0.370 e. The van der Waals surface area contributed by atoms with Crippen molar-refractivity contribution in [3.8, 4) is 0 Å². The van der Waals surface area contributed by atoms with Gasteiger partial charge in [-0.25, -0.2) is 0 Å². The minimum absolute atomic E-state index is 0.237. The molecular weight excluding hydrogens is 210 g/mol. The minimum atomic E-state index is -1.01. The molecule has 0 spiro atoms. The van der Waals surface area contributed by atoms with Gasteiger partial charge in [0.1, 0.15) is 0 Å². The number of carbonyl (C=O) groups excluding carboxylic acids is 3.